The summed E-state index contributed by atoms with van der Waals surface area (Å²) in [6, 6.07) is 13.0. The molecule has 2 aliphatic rings. The molecule has 2 aromatic carbocycles. The molecule has 0 radical (unpaired) electrons. The van der Waals surface area contributed by atoms with Crippen LogP contribution in [0.15, 0.2) is 36.4 Å². The van der Waals surface area contributed by atoms with E-state index in [0.29, 0.717) is 19.5 Å². The summed E-state index contributed by atoms with van der Waals surface area (Å²) in [5.74, 6) is 0.0528. The predicted molar refractivity (Wildman–Crippen MR) is 138 cm³/mol. The van der Waals surface area contributed by atoms with Gasteiger partial charge in [0.05, 0.1) is 30.6 Å². The summed E-state index contributed by atoms with van der Waals surface area (Å²) in [5.41, 5.74) is 6.87. The van der Waals surface area contributed by atoms with E-state index in [9.17, 15) is 14.7 Å². The molecule has 190 valence electrons. The van der Waals surface area contributed by atoms with Crippen molar-refractivity contribution in [3.8, 4) is 0 Å². The molecule has 0 unspecified atom stereocenters. The fourth-order valence-corrected chi connectivity index (χ4v) is 6.15. The third-order valence-electron chi connectivity index (χ3n) is 8.13. The Balaban J connectivity index is 1.61. The summed E-state index contributed by atoms with van der Waals surface area (Å²) >= 11 is 0. The monoisotopic (exact) mass is 489 g/mol. The van der Waals surface area contributed by atoms with Gasteiger partial charge in [-0.2, -0.15) is 0 Å². The highest BCUT2D eigenvalue weighted by molar-refractivity contribution is 5.82. The van der Waals surface area contributed by atoms with Gasteiger partial charge in [0, 0.05) is 24.1 Å². The molecule has 3 aromatic rings. The standard InChI is InChI=1S/C29H35N3O4/c1-18-7-4-5-8-21(18)15-19(2)32-25-12-11-20-13-14-31(29(35)36-3)17-24(20)26(25)30-27(32)22-9-6-10-23(16-22)28(33)34/h4-5,7-8,11-12,19,22-23H,6,9-10,13-17H2,1-3H3,(H,33,34)/t19-,22-,23-/m1/s1. The molecule has 3 atom stereocenters. The van der Waals surface area contributed by atoms with Gasteiger partial charge in [-0.1, -0.05) is 36.8 Å². The number of ether oxygens (including phenoxy) is 1. The van der Waals surface area contributed by atoms with E-state index >= 15 is 0 Å². The van der Waals surface area contributed by atoms with Crippen molar-refractivity contribution >= 4 is 23.1 Å². The molecule has 0 saturated heterocycles. The summed E-state index contributed by atoms with van der Waals surface area (Å²) in [7, 11) is 1.42. The van der Waals surface area contributed by atoms with Crippen molar-refractivity contribution in [3.05, 3.63) is 64.5 Å². The van der Waals surface area contributed by atoms with Gasteiger partial charge in [-0.15, -0.1) is 0 Å². The Bertz CT molecular complexity index is 1300. The fraction of sp³-hybridized carbons (Fsp3) is 0.483. The number of carbonyl (C=O) groups excluding carboxylic acids is 1. The van der Waals surface area contributed by atoms with Crippen molar-refractivity contribution in [2.75, 3.05) is 13.7 Å². The predicted octanol–water partition coefficient (Wildman–Crippen LogP) is 5.63. The number of methoxy groups -OCH3 is 1. The number of carboxylic acid groups (broad SMARTS) is 1. The van der Waals surface area contributed by atoms with Crippen LogP contribution in [0.2, 0.25) is 0 Å². The third kappa shape index (κ3) is 4.47. The van der Waals surface area contributed by atoms with Crippen molar-refractivity contribution in [2.45, 2.75) is 70.9 Å². The molecule has 1 N–H and O–H groups in total. The highest BCUT2D eigenvalue weighted by atomic mass is 16.5. The topological polar surface area (TPSA) is 84.7 Å². The molecule has 1 aliphatic heterocycles. The number of benzene rings is 2. The van der Waals surface area contributed by atoms with Gasteiger partial charge >= 0.3 is 12.1 Å². The van der Waals surface area contributed by atoms with Crippen LogP contribution < -0.4 is 0 Å². The van der Waals surface area contributed by atoms with Crippen LogP contribution >= 0.6 is 0 Å². The van der Waals surface area contributed by atoms with Crippen LogP contribution in [0.25, 0.3) is 11.0 Å². The average molecular weight is 490 g/mol. The smallest absolute Gasteiger partial charge is 0.409 e. The molecule has 1 aromatic heterocycles. The molecule has 1 saturated carbocycles. The van der Waals surface area contributed by atoms with Crippen molar-refractivity contribution in [2.24, 2.45) is 5.92 Å². The SMILES string of the molecule is COC(=O)N1CCc2ccc3c(nc([C@@H]4CCC[C@@H](C(=O)O)C4)n3[C@H](C)Cc3ccccc3C)c2C1. The molecule has 7 nitrogen and oxygen atoms in total. The molecule has 0 spiro atoms. The van der Waals surface area contributed by atoms with E-state index in [4.69, 9.17) is 9.72 Å². The first-order valence-corrected chi connectivity index (χ1v) is 13.0. The van der Waals surface area contributed by atoms with E-state index in [2.05, 4.69) is 54.8 Å². The van der Waals surface area contributed by atoms with E-state index in [0.717, 1.165) is 54.5 Å². The summed E-state index contributed by atoms with van der Waals surface area (Å²) in [6.45, 7) is 5.48. The lowest BCUT2D eigenvalue weighted by atomic mass is 9.81. The lowest BCUT2D eigenvalue weighted by Gasteiger charge is -2.29. The van der Waals surface area contributed by atoms with Crippen molar-refractivity contribution in [1.82, 2.24) is 14.5 Å². The zero-order valence-electron chi connectivity index (χ0n) is 21.4. The Morgan fingerprint density at radius 3 is 2.75 bits per heavy atom. The molecule has 1 fully saturated rings. The van der Waals surface area contributed by atoms with Gasteiger partial charge in [0.25, 0.3) is 0 Å². The Kier molecular flexibility index (Phi) is 6.73. The number of carbonyl (C=O) groups is 2. The summed E-state index contributed by atoms with van der Waals surface area (Å²) in [4.78, 5) is 31.1. The number of rotatable bonds is 5. The highest BCUT2D eigenvalue weighted by Gasteiger charge is 2.33. The molecule has 5 rings (SSSR count). The van der Waals surface area contributed by atoms with E-state index in [-0.39, 0.29) is 24.0 Å². The molecular weight excluding hydrogens is 454 g/mol. The van der Waals surface area contributed by atoms with E-state index in [1.807, 2.05) is 0 Å². The first-order valence-electron chi connectivity index (χ1n) is 13.0. The summed E-state index contributed by atoms with van der Waals surface area (Å²) < 4.78 is 7.35. The lowest BCUT2D eigenvalue weighted by Crippen LogP contribution is -2.35. The summed E-state index contributed by atoms with van der Waals surface area (Å²) in [5, 5.41) is 9.73. The summed E-state index contributed by atoms with van der Waals surface area (Å²) in [6.07, 6.45) is 4.51. The maximum atomic E-state index is 12.3. The Hall–Kier alpha value is -3.35. The van der Waals surface area contributed by atoms with Crippen LogP contribution in [-0.4, -0.2) is 45.3 Å². The fourth-order valence-electron chi connectivity index (χ4n) is 6.15. The number of carboxylic acids is 1. The second-order valence-corrected chi connectivity index (χ2v) is 10.4. The van der Waals surface area contributed by atoms with Gasteiger partial charge in [0.15, 0.2) is 0 Å². The Labute approximate surface area is 212 Å². The maximum absolute atomic E-state index is 12.3. The van der Waals surface area contributed by atoms with Gasteiger partial charge in [0.1, 0.15) is 5.82 Å². The molecule has 1 amide bonds. The second kappa shape index (κ2) is 9.96. The zero-order chi connectivity index (χ0) is 25.4. The molecular formula is C29H35N3O4. The quantitative estimate of drug-likeness (QED) is 0.502. The first-order chi connectivity index (χ1) is 17.4. The number of aliphatic carboxylic acids is 1. The van der Waals surface area contributed by atoms with Gasteiger partial charge in [-0.25, -0.2) is 9.78 Å². The molecule has 1 aliphatic carbocycles. The maximum Gasteiger partial charge on any atom is 0.409 e. The molecule has 2 heterocycles. The van der Waals surface area contributed by atoms with Gasteiger partial charge in [-0.3, -0.25) is 4.79 Å². The average Bonchev–Trinajstić information content (AvgIpc) is 3.29. The van der Waals surface area contributed by atoms with E-state index in [1.54, 1.807) is 4.90 Å². The number of imidazole rings is 1. The molecule has 0 bridgehead atoms. The number of aryl methyl sites for hydroxylation is 1. The Morgan fingerprint density at radius 2 is 2.00 bits per heavy atom. The van der Waals surface area contributed by atoms with Crippen LogP contribution in [-0.2, 0) is 28.9 Å². The van der Waals surface area contributed by atoms with Crippen LogP contribution in [0, 0.1) is 12.8 Å². The number of fused-ring (bicyclic) bond motifs is 3. The molecule has 36 heavy (non-hydrogen) atoms. The third-order valence-corrected chi connectivity index (χ3v) is 8.13. The molecule has 7 heteroatoms. The first kappa shape index (κ1) is 24.3. The van der Waals surface area contributed by atoms with Gasteiger partial charge < -0.3 is 19.3 Å². The number of hydrogen-bond acceptors (Lipinski definition) is 4. The minimum atomic E-state index is -0.707. The Morgan fingerprint density at radius 1 is 1.19 bits per heavy atom. The highest BCUT2D eigenvalue weighted by Crippen LogP contribution is 2.40. The minimum absolute atomic E-state index is 0.0996. The van der Waals surface area contributed by atoms with Gasteiger partial charge in [-0.05, 0) is 68.7 Å². The van der Waals surface area contributed by atoms with E-state index in [1.165, 1.54) is 23.8 Å². The van der Waals surface area contributed by atoms with Crippen molar-refractivity contribution < 1.29 is 19.4 Å². The lowest BCUT2D eigenvalue weighted by molar-refractivity contribution is -0.143. The van der Waals surface area contributed by atoms with Crippen LogP contribution in [0.3, 0.4) is 0 Å². The second-order valence-electron chi connectivity index (χ2n) is 10.4. The van der Waals surface area contributed by atoms with Gasteiger partial charge in [0.2, 0.25) is 0 Å². The van der Waals surface area contributed by atoms with Crippen LogP contribution in [0.1, 0.15) is 72.6 Å². The van der Waals surface area contributed by atoms with Crippen molar-refractivity contribution in [1.29, 1.82) is 0 Å². The number of nitrogens with zero attached hydrogens (tertiary/aromatic N) is 3. The van der Waals surface area contributed by atoms with E-state index < -0.39 is 5.97 Å². The number of aromatic nitrogens is 2. The number of amides is 1. The minimum Gasteiger partial charge on any atom is -0.481 e. The van der Waals surface area contributed by atoms with Crippen LogP contribution in [0.5, 0.6) is 0 Å². The largest absolute Gasteiger partial charge is 0.481 e. The normalized spacial score (nSPS) is 20.7. The number of hydrogen-bond donors (Lipinski definition) is 1. The van der Waals surface area contributed by atoms with Crippen molar-refractivity contribution in [3.63, 3.8) is 0 Å². The zero-order valence-corrected chi connectivity index (χ0v) is 21.4. The van der Waals surface area contributed by atoms with Crippen LogP contribution in [0.4, 0.5) is 4.79 Å².